The Kier molecular flexibility index (Phi) is 6.86. The van der Waals surface area contributed by atoms with Gasteiger partial charge in [0.2, 0.25) is 5.95 Å². The van der Waals surface area contributed by atoms with Gasteiger partial charge in [0.1, 0.15) is 16.9 Å². The van der Waals surface area contributed by atoms with Gasteiger partial charge in [0.05, 0.1) is 18.1 Å². The maximum absolute atomic E-state index is 14.9. The fourth-order valence-corrected chi connectivity index (χ4v) is 8.71. The van der Waals surface area contributed by atoms with Crippen LogP contribution in [0.2, 0.25) is 0 Å². The van der Waals surface area contributed by atoms with Crippen LogP contribution in [0.5, 0.6) is 5.75 Å². The largest absolute Gasteiger partial charge is 0.497 e. The first-order chi connectivity index (χ1) is 28.6. The quantitative estimate of drug-likeness (QED) is 0.132. The van der Waals surface area contributed by atoms with Gasteiger partial charge < -0.3 is 9.15 Å². The van der Waals surface area contributed by atoms with Crippen molar-refractivity contribution in [2.24, 2.45) is 0 Å². The third kappa shape index (κ3) is 4.80. The van der Waals surface area contributed by atoms with E-state index in [0.717, 1.165) is 76.3 Å². The molecule has 7 nitrogen and oxygen atoms in total. The van der Waals surface area contributed by atoms with Gasteiger partial charge in [-0.05, 0) is 85.6 Å². The molecule has 3 aromatic heterocycles. The Hall–Kier alpha value is -7.90. The van der Waals surface area contributed by atoms with Gasteiger partial charge >= 0.3 is 0 Å². The molecule has 0 aliphatic rings. The molecule has 0 unspecified atom stereocenters. The molecule has 0 saturated carbocycles. The Bertz CT molecular complexity index is 3690. The first-order valence-electron chi connectivity index (χ1n) is 19.2. The highest BCUT2D eigenvalue weighted by Crippen LogP contribution is 2.42. The molecule has 272 valence electrons. The predicted octanol–water partition coefficient (Wildman–Crippen LogP) is 12.2. The molecule has 0 amide bonds. The zero-order chi connectivity index (χ0) is 38.5. The van der Waals surface area contributed by atoms with Gasteiger partial charge in [-0.15, -0.1) is 0 Å². The van der Waals surface area contributed by atoms with Crippen LogP contribution in [-0.2, 0) is 0 Å². The lowest BCUT2D eigenvalue weighted by Crippen LogP contribution is -2.14. The van der Waals surface area contributed by atoms with E-state index in [-0.39, 0.29) is 5.43 Å². The molecule has 3 heterocycles. The van der Waals surface area contributed by atoms with Crippen LogP contribution < -0.4 is 10.2 Å². The van der Waals surface area contributed by atoms with Crippen molar-refractivity contribution in [3.8, 4) is 34.5 Å². The second kappa shape index (κ2) is 12.3. The number of pyridine rings is 1. The number of hydrogen-bond acceptors (Lipinski definition) is 6. The van der Waals surface area contributed by atoms with Crippen molar-refractivity contribution < 1.29 is 9.15 Å². The second-order valence-corrected chi connectivity index (χ2v) is 14.7. The molecule has 0 aliphatic heterocycles. The van der Waals surface area contributed by atoms with Gasteiger partial charge in [-0.25, -0.2) is 4.98 Å². The zero-order valence-corrected chi connectivity index (χ0v) is 31.1. The maximum Gasteiger partial charge on any atom is 0.238 e. The molecule has 0 spiro atoms. The van der Waals surface area contributed by atoms with E-state index in [4.69, 9.17) is 24.1 Å². The number of nitrogens with zero attached hydrogens (tertiary/aromatic N) is 4. The summed E-state index contributed by atoms with van der Waals surface area (Å²) >= 11 is 0. The summed E-state index contributed by atoms with van der Waals surface area (Å²) in [7, 11) is 1.69. The Balaban J connectivity index is 1.21. The minimum Gasteiger partial charge on any atom is -0.497 e. The highest BCUT2D eigenvalue weighted by Gasteiger charge is 2.21. The monoisotopic (exact) mass is 746 g/mol. The van der Waals surface area contributed by atoms with Crippen LogP contribution in [0.3, 0.4) is 0 Å². The fourth-order valence-electron chi connectivity index (χ4n) is 8.71. The van der Waals surface area contributed by atoms with Crippen molar-refractivity contribution in [2.45, 2.75) is 0 Å². The van der Waals surface area contributed by atoms with Crippen LogP contribution in [0, 0.1) is 0 Å². The van der Waals surface area contributed by atoms with Crippen LogP contribution in [0.1, 0.15) is 0 Å². The lowest BCUT2D eigenvalue weighted by molar-refractivity contribution is 0.415. The molecule has 0 atom stereocenters. The normalized spacial score (nSPS) is 11.9. The summed E-state index contributed by atoms with van der Waals surface area (Å²) in [6.45, 7) is 0. The fraction of sp³-hybridized carbons (Fsp3) is 0.0196. The average molecular weight is 747 g/mol. The summed E-state index contributed by atoms with van der Waals surface area (Å²) < 4.78 is 14.4. The standard InChI is InChI=1S/C51H30N4O3/c1-57-33-20-21-36-37(24-33)34-18-10-11-19-35(34)38-25-40-41-26-43-45(28-47(41)58-46(40)27-39(36)38)55(44-23-32-17-9-8-16-31(32)22-42(44)48(43)56)51-53-49(29-12-4-2-5-13-29)52-50(54-51)30-14-6-3-7-15-30/h2-28H,1H3. The minimum atomic E-state index is -0.0740. The lowest BCUT2D eigenvalue weighted by atomic mass is 9.93. The summed E-state index contributed by atoms with van der Waals surface area (Å²) in [5.41, 5.74) is 4.35. The van der Waals surface area contributed by atoms with Gasteiger partial charge in [0.25, 0.3) is 0 Å². The summed E-state index contributed by atoms with van der Waals surface area (Å²) in [4.78, 5) is 30.1. The SMILES string of the molecule is COc1ccc2c(c1)c1ccccc1c1cc3c(cc21)oc1cc2c(cc13)c(=O)c1cc3ccccc3cc1n2-c1nc(-c2ccccc2)nc(-c2ccccc2)n1. The first-order valence-corrected chi connectivity index (χ1v) is 19.2. The van der Waals surface area contributed by atoms with Crippen molar-refractivity contribution >= 4 is 86.8 Å². The lowest BCUT2D eigenvalue weighted by Gasteiger charge is -2.16. The van der Waals surface area contributed by atoms with Crippen molar-refractivity contribution in [3.63, 3.8) is 0 Å². The summed E-state index contributed by atoms with van der Waals surface area (Å²) in [6, 6.07) is 55.0. The van der Waals surface area contributed by atoms with Crippen molar-refractivity contribution in [1.29, 1.82) is 0 Å². The van der Waals surface area contributed by atoms with Crippen LogP contribution in [0.25, 0.3) is 116 Å². The number of furan rings is 1. The molecule has 7 heteroatoms. The number of benzene rings is 9. The Morgan fingerprint density at radius 1 is 0.448 bits per heavy atom. The molecule has 9 aromatic carbocycles. The van der Waals surface area contributed by atoms with E-state index in [9.17, 15) is 4.79 Å². The van der Waals surface area contributed by atoms with E-state index in [1.54, 1.807) is 7.11 Å². The Morgan fingerprint density at radius 2 is 0.966 bits per heavy atom. The van der Waals surface area contributed by atoms with Crippen molar-refractivity contribution in [1.82, 2.24) is 19.5 Å². The zero-order valence-electron chi connectivity index (χ0n) is 31.1. The van der Waals surface area contributed by atoms with E-state index in [0.29, 0.717) is 45.0 Å². The van der Waals surface area contributed by atoms with Crippen molar-refractivity contribution in [2.75, 3.05) is 7.11 Å². The van der Waals surface area contributed by atoms with Crippen molar-refractivity contribution in [3.05, 3.63) is 174 Å². The van der Waals surface area contributed by atoms with Gasteiger partial charge in [0.15, 0.2) is 17.1 Å². The predicted molar refractivity (Wildman–Crippen MR) is 235 cm³/mol. The minimum absolute atomic E-state index is 0.0740. The molecule has 0 radical (unpaired) electrons. The van der Waals surface area contributed by atoms with E-state index in [1.165, 1.54) is 0 Å². The number of rotatable bonds is 4. The van der Waals surface area contributed by atoms with Gasteiger partial charge in [-0.1, -0.05) is 115 Å². The Labute approximate surface area is 330 Å². The Morgan fingerprint density at radius 3 is 1.64 bits per heavy atom. The molecular formula is C51H30N4O3. The topological polar surface area (TPSA) is 83.0 Å². The summed E-state index contributed by atoms with van der Waals surface area (Å²) in [5, 5.41) is 11.6. The molecule has 12 rings (SSSR count). The second-order valence-electron chi connectivity index (χ2n) is 14.7. The van der Waals surface area contributed by atoms with E-state index in [1.807, 2.05) is 108 Å². The summed E-state index contributed by atoms with van der Waals surface area (Å²) in [6.07, 6.45) is 0. The van der Waals surface area contributed by atoms with Gasteiger partial charge in [-0.3, -0.25) is 9.36 Å². The van der Waals surface area contributed by atoms with Crippen LogP contribution in [0.15, 0.2) is 173 Å². The van der Waals surface area contributed by atoms with E-state index in [2.05, 4.69) is 60.7 Å². The molecule has 0 bridgehead atoms. The third-order valence-corrected chi connectivity index (χ3v) is 11.5. The molecule has 0 fully saturated rings. The van der Waals surface area contributed by atoms with Crippen LogP contribution in [-0.4, -0.2) is 26.6 Å². The average Bonchev–Trinajstić information content (AvgIpc) is 3.64. The molecule has 0 N–H and O–H groups in total. The van der Waals surface area contributed by atoms with Crippen LogP contribution >= 0.6 is 0 Å². The molecule has 58 heavy (non-hydrogen) atoms. The van der Waals surface area contributed by atoms with E-state index < -0.39 is 0 Å². The highest BCUT2D eigenvalue weighted by atomic mass is 16.5. The maximum atomic E-state index is 14.9. The smallest absolute Gasteiger partial charge is 0.238 e. The van der Waals surface area contributed by atoms with E-state index >= 15 is 0 Å². The number of aromatic nitrogens is 4. The third-order valence-electron chi connectivity index (χ3n) is 11.5. The van der Waals surface area contributed by atoms with Gasteiger partial charge in [0, 0.05) is 38.7 Å². The molecule has 0 aliphatic carbocycles. The highest BCUT2D eigenvalue weighted by molar-refractivity contribution is 6.28. The first kappa shape index (κ1) is 32.4. The number of methoxy groups -OCH3 is 1. The molecule has 12 aromatic rings. The molecular weight excluding hydrogens is 717 g/mol. The summed E-state index contributed by atoms with van der Waals surface area (Å²) in [5.74, 6) is 2.26. The number of hydrogen-bond donors (Lipinski definition) is 0. The number of fused-ring (bicyclic) bond motifs is 12. The molecule has 0 saturated heterocycles. The van der Waals surface area contributed by atoms with Gasteiger partial charge in [-0.2, -0.15) is 9.97 Å². The number of ether oxygens (including phenoxy) is 1. The van der Waals surface area contributed by atoms with Crippen LogP contribution in [0.4, 0.5) is 0 Å².